The average Bonchev–Trinajstić information content (AvgIpc) is 3.70. The summed E-state index contributed by atoms with van der Waals surface area (Å²) < 4.78 is 22.4. The fourth-order valence-electron chi connectivity index (χ4n) is 12.8. The first-order valence-electron chi connectivity index (χ1n) is 26.1. The Morgan fingerprint density at radius 3 is 1.68 bits per heavy atom. The molecule has 0 radical (unpaired) electrons. The molecule has 3 aliphatic rings. The third-order valence-electron chi connectivity index (χ3n) is 16.7. The van der Waals surface area contributed by atoms with Crippen LogP contribution < -0.4 is 20.7 Å². The number of allylic oxidation sites excluding steroid dienone is 3. The molecule has 6 heteroatoms. The number of fused-ring (bicyclic) bond motifs is 1. The van der Waals surface area contributed by atoms with Crippen molar-refractivity contribution in [3.05, 3.63) is 169 Å². The largest absolute Gasteiger partial charge is 0.404 e. The summed E-state index contributed by atoms with van der Waals surface area (Å²) in [5.41, 5.74) is 4.71. The second-order valence-electron chi connectivity index (χ2n) is 22.9. The fraction of sp³-hybridized carbons (Fsp3) is 0.484. The van der Waals surface area contributed by atoms with Crippen LogP contribution in [0, 0.1) is 17.3 Å². The molecule has 7 rings (SSSR count). The van der Waals surface area contributed by atoms with E-state index in [9.17, 15) is 5.11 Å². The Morgan fingerprint density at radius 2 is 1.21 bits per heavy atom. The molecule has 4 aromatic rings. The summed E-state index contributed by atoms with van der Waals surface area (Å²) >= 11 is 0. The van der Waals surface area contributed by atoms with E-state index in [4.69, 9.17) is 20.2 Å². The fourth-order valence-corrected chi connectivity index (χ4v) is 22.2. The number of hydrogen-bond donors (Lipinski definition) is 1. The normalized spacial score (nSPS) is 24.1. The molecule has 5 atom stereocenters. The maximum absolute atomic E-state index is 10.8. The summed E-state index contributed by atoms with van der Waals surface area (Å²) in [5, 5.41) is 15.6. The van der Waals surface area contributed by atoms with Gasteiger partial charge in [0.2, 0.25) is 0 Å². The smallest absolute Gasteiger partial charge is 0.261 e. The Hall–Kier alpha value is -3.89. The summed E-state index contributed by atoms with van der Waals surface area (Å²) in [6.45, 7) is 31.9. The van der Waals surface area contributed by atoms with Gasteiger partial charge in [-0.1, -0.05) is 215 Å². The molecule has 0 aliphatic heterocycles. The SMILES string of the molecule is C=C1/C(=C\C=C2/CCC[C@]3(C)[C@@H](C(=C)COCCCC(O)(CC)CC)CC[C@@H]23)C[C@@H](O[Si](c2ccccc2)(c2ccccc2)C(C)(C)C)C[C@@H]1O[Si](c1ccccc1)(c1ccccc1)C(C)(C)C. The first-order valence-corrected chi connectivity index (χ1v) is 29.9. The van der Waals surface area contributed by atoms with E-state index >= 15 is 0 Å². The van der Waals surface area contributed by atoms with Gasteiger partial charge in [0.25, 0.3) is 16.6 Å². The van der Waals surface area contributed by atoms with E-state index in [0.717, 1.165) is 56.9 Å². The minimum Gasteiger partial charge on any atom is -0.404 e. The van der Waals surface area contributed by atoms with Crippen molar-refractivity contribution in [1.82, 2.24) is 0 Å². The van der Waals surface area contributed by atoms with Crippen LogP contribution in [0.3, 0.4) is 0 Å². The zero-order chi connectivity index (χ0) is 48.8. The van der Waals surface area contributed by atoms with Crippen molar-refractivity contribution in [1.29, 1.82) is 0 Å². The van der Waals surface area contributed by atoms with Gasteiger partial charge >= 0.3 is 0 Å². The number of ether oxygens (including phenoxy) is 1. The van der Waals surface area contributed by atoms with E-state index in [-0.39, 0.29) is 27.7 Å². The lowest BCUT2D eigenvalue weighted by Gasteiger charge is -2.49. The van der Waals surface area contributed by atoms with Crippen molar-refractivity contribution < 1.29 is 18.7 Å². The van der Waals surface area contributed by atoms with E-state index in [1.54, 1.807) is 5.57 Å². The van der Waals surface area contributed by atoms with Gasteiger partial charge in [0, 0.05) is 13.0 Å². The summed E-state index contributed by atoms with van der Waals surface area (Å²) in [5.74, 6) is 0.939. The molecular weight excluding hydrogens is 865 g/mol. The molecular formula is C62H84O4Si2. The van der Waals surface area contributed by atoms with Gasteiger partial charge in [-0.3, -0.25) is 0 Å². The molecule has 3 fully saturated rings. The second-order valence-corrected chi connectivity index (χ2v) is 31.4. The number of aliphatic hydroxyl groups is 1. The minimum absolute atomic E-state index is 0.104. The predicted molar refractivity (Wildman–Crippen MR) is 292 cm³/mol. The highest BCUT2D eigenvalue weighted by Crippen LogP contribution is 2.59. The molecule has 0 unspecified atom stereocenters. The van der Waals surface area contributed by atoms with Crippen molar-refractivity contribution in [2.45, 2.75) is 161 Å². The highest BCUT2D eigenvalue weighted by Gasteiger charge is 2.55. The standard InChI is InChI=1S/C62H84O4Si2/c1-12-62(63,13-2)42-27-43-64-46-47(3)56-39-40-57-49(28-26-41-61(56,57)11)37-38-50-44-51(65-67(59(5,6)7,52-29-18-14-19-30-52)53-31-20-15-21-32-53)45-58(48(50)4)66-68(60(8,9)10,54-33-22-16-23-34-54)55-35-24-17-25-36-55/h14-25,29-38,51,56-58,63H,3-4,12-13,26-28,39-46H2,1-2,5-11H3/b49-37+,50-38-/t51-,56-,57+,58+,61-/m1/s1. The minimum atomic E-state index is -2.97. The molecule has 3 saturated carbocycles. The molecule has 0 amide bonds. The van der Waals surface area contributed by atoms with Crippen molar-refractivity contribution in [2.75, 3.05) is 13.2 Å². The number of benzene rings is 4. The molecule has 3 aliphatic carbocycles. The van der Waals surface area contributed by atoms with Gasteiger partial charge in [-0.05, 0) is 129 Å². The molecule has 0 spiro atoms. The van der Waals surface area contributed by atoms with Crippen LogP contribution in [0.1, 0.15) is 133 Å². The van der Waals surface area contributed by atoms with Gasteiger partial charge in [-0.25, -0.2) is 0 Å². The van der Waals surface area contributed by atoms with Gasteiger partial charge in [0.05, 0.1) is 24.4 Å². The molecule has 4 nitrogen and oxygen atoms in total. The van der Waals surface area contributed by atoms with E-state index < -0.39 is 22.2 Å². The molecule has 0 bridgehead atoms. The van der Waals surface area contributed by atoms with Crippen molar-refractivity contribution in [3.8, 4) is 0 Å². The van der Waals surface area contributed by atoms with Gasteiger partial charge in [0.1, 0.15) is 0 Å². The molecule has 1 N–H and O–H groups in total. The van der Waals surface area contributed by atoms with E-state index in [0.29, 0.717) is 25.0 Å². The molecule has 364 valence electrons. The Balaban J connectivity index is 1.26. The third kappa shape index (κ3) is 10.6. The van der Waals surface area contributed by atoms with Crippen LogP contribution in [0.15, 0.2) is 169 Å². The third-order valence-corrected chi connectivity index (χ3v) is 26.8. The van der Waals surface area contributed by atoms with Crippen LogP contribution in [0.2, 0.25) is 10.1 Å². The maximum Gasteiger partial charge on any atom is 0.261 e. The van der Waals surface area contributed by atoms with Gasteiger partial charge < -0.3 is 18.7 Å². The zero-order valence-electron chi connectivity index (χ0n) is 43.3. The molecule has 68 heavy (non-hydrogen) atoms. The van der Waals surface area contributed by atoms with E-state index in [2.05, 4.69) is 202 Å². The van der Waals surface area contributed by atoms with Gasteiger partial charge in [-0.2, -0.15) is 0 Å². The summed E-state index contributed by atoms with van der Waals surface area (Å²) in [6, 6.07) is 44.3. The summed E-state index contributed by atoms with van der Waals surface area (Å²) in [7, 11) is -5.88. The maximum atomic E-state index is 10.8. The van der Waals surface area contributed by atoms with Crippen LogP contribution >= 0.6 is 0 Å². The Bertz CT molecular complexity index is 2260. The average molecular weight is 950 g/mol. The molecule has 0 heterocycles. The van der Waals surface area contributed by atoms with Gasteiger partial charge in [0.15, 0.2) is 0 Å². The summed E-state index contributed by atoms with van der Waals surface area (Å²) in [4.78, 5) is 0. The molecule has 4 aromatic carbocycles. The zero-order valence-corrected chi connectivity index (χ0v) is 45.3. The van der Waals surface area contributed by atoms with Crippen LogP contribution in [0.25, 0.3) is 0 Å². The Morgan fingerprint density at radius 1 is 0.721 bits per heavy atom. The second kappa shape index (κ2) is 21.6. The van der Waals surface area contributed by atoms with E-state index in [1.807, 2.05) is 0 Å². The molecule has 0 saturated heterocycles. The predicted octanol–water partition coefficient (Wildman–Crippen LogP) is 13.2. The number of rotatable bonds is 18. The van der Waals surface area contributed by atoms with Gasteiger partial charge in [-0.15, -0.1) is 0 Å². The monoisotopic (exact) mass is 949 g/mol. The number of hydrogen-bond acceptors (Lipinski definition) is 4. The highest BCUT2D eigenvalue weighted by molar-refractivity contribution is 7.00. The first-order chi connectivity index (χ1) is 32.4. The van der Waals surface area contributed by atoms with Crippen molar-refractivity contribution in [2.24, 2.45) is 17.3 Å². The van der Waals surface area contributed by atoms with Crippen LogP contribution in [-0.2, 0) is 13.6 Å². The lowest BCUT2D eigenvalue weighted by molar-refractivity contribution is 0.0128. The van der Waals surface area contributed by atoms with Crippen LogP contribution in [0.4, 0.5) is 0 Å². The lowest BCUT2D eigenvalue weighted by Crippen LogP contribution is -2.69. The van der Waals surface area contributed by atoms with Crippen LogP contribution in [-0.4, -0.2) is 52.8 Å². The van der Waals surface area contributed by atoms with Crippen LogP contribution in [0.5, 0.6) is 0 Å². The van der Waals surface area contributed by atoms with Crippen molar-refractivity contribution >= 4 is 37.4 Å². The quantitative estimate of drug-likeness (QED) is 0.0613. The first kappa shape index (κ1) is 52.0. The lowest BCUT2D eigenvalue weighted by atomic mass is 9.62. The topological polar surface area (TPSA) is 47.9 Å². The molecule has 0 aromatic heterocycles. The highest BCUT2D eigenvalue weighted by atomic mass is 28.4. The Kier molecular flexibility index (Phi) is 16.5. The Labute approximate surface area is 414 Å². The summed E-state index contributed by atoms with van der Waals surface area (Å²) in [6.07, 6.45) is 15.1. The van der Waals surface area contributed by atoms with Crippen molar-refractivity contribution in [3.63, 3.8) is 0 Å². The van der Waals surface area contributed by atoms with E-state index in [1.165, 1.54) is 51.2 Å².